The molecule has 0 unspecified atom stereocenters. The molecule has 154 valence electrons. The van der Waals surface area contributed by atoms with Gasteiger partial charge in [0.05, 0.1) is 12.6 Å². The Balaban J connectivity index is 1.73. The minimum Gasteiger partial charge on any atom is -0.496 e. The lowest BCUT2D eigenvalue weighted by Gasteiger charge is -2.35. The van der Waals surface area contributed by atoms with Gasteiger partial charge < -0.3 is 15.0 Å². The molecule has 1 aliphatic rings. The molecule has 6 nitrogen and oxygen atoms in total. The molecular weight excluding hydrogens is 366 g/mol. The van der Waals surface area contributed by atoms with E-state index in [1.54, 1.807) is 25.4 Å². The van der Waals surface area contributed by atoms with Gasteiger partial charge in [0.1, 0.15) is 11.4 Å². The minimum absolute atomic E-state index is 0.0752. The van der Waals surface area contributed by atoms with Gasteiger partial charge in [-0.15, -0.1) is 0 Å². The van der Waals surface area contributed by atoms with Gasteiger partial charge in [-0.3, -0.25) is 14.6 Å². The van der Waals surface area contributed by atoms with Crippen LogP contribution in [0.4, 0.5) is 0 Å². The van der Waals surface area contributed by atoms with Crippen molar-refractivity contribution in [2.45, 2.75) is 46.1 Å². The summed E-state index contributed by atoms with van der Waals surface area (Å²) in [5.41, 5.74) is 3.47. The van der Waals surface area contributed by atoms with Crippen molar-refractivity contribution in [2.75, 3.05) is 20.2 Å². The van der Waals surface area contributed by atoms with Crippen LogP contribution < -0.4 is 10.1 Å². The van der Waals surface area contributed by atoms with Gasteiger partial charge in [-0.25, -0.2) is 0 Å². The van der Waals surface area contributed by atoms with E-state index in [4.69, 9.17) is 4.74 Å². The average Bonchev–Trinajstić information content (AvgIpc) is 3.08. The summed E-state index contributed by atoms with van der Waals surface area (Å²) in [6, 6.07) is 7.36. The molecule has 1 saturated heterocycles. The summed E-state index contributed by atoms with van der Waals surface area (Å²) in [5, 5.41) is 3.00. The van der Waals surface area contributed by atoms with Crippen molar-refractivity contribution in [1.82, 2.24) is 15.2 Å². The number of likely N-dealkylation sites (tertiary alicyclic amines) is 1. The summed E-state index contributed by atoms with van der Waals surface area (Å²) in [7, 11) is 1.59. The Kier molecular flexibility index (Phi) is 5.91. The molecular formula is C23H29N3O3. The largest absolute Gasteiger partial charge is 0.496 e. The van der Waals surface area contributed by atoms with E-state index in [9.17, 15) is 9.59 Å². The zero-order valence-corrected chi connectivity index (χ0v) is 17.8. The molecule has 2 amide bonds. The maximum Gasteiger partial charge on any atom is 0.273 e. The lowest BCUT2D eigenvalue weighted by Crippen LogP contribution is -2.52. The van der Waals surface area contributed by atoms with E-state index in [0.29, 0.717) is 30.1 Å². The lowest BCUT2D eigenvalue weighted by atomic mass is 9.97. The standard InChI is InChI=1S/C23H29N3O3/c1-15-11-17(3)20(24-13-15)22(28)26-10-6-9-23(26,4)14-25-21(27)18-8-7-16(2)19(12-18)29-5/h7-8,11-13H,6,9-10,14H2,1-5H3,(H,25,27)/t23-/m1/s1. The first kappa shape index (κ1) is 20.8. The second kappa shape index (κ2) is 8.23. The number of carbonyl (C=O) groups is 2. The highest BCUT2D eigenvalue weighted by atomic mass is 16.5. The number of benzene rings is 1. The third-order valence-corrected chi connectivity index (χ3v) is 5.71. The number of carbonyl (C=O) groups excluding carboxylic acids is 2. The number of hydrogen-bond acceptors (Lipinski definition) is 4. The Hall–Kier alpha value is -2.89. The van der Waals surface area contributed by atoms with E-state index in [1.165, 1.54) is 0 Å². The molecule has 3 rings (SSSR count). The predicted molar refractivity (Wildman–Crippen MR) is 112 cm³/mol. The first-order chi connectivity index (χ1) is 13.7. The van der Waals surface area contributed by atoms with Crippen molar-refractivity contribution in [2.24, 2.45) is 0 Å². The summed E-state index contributed by atoms with van der Waals surface area (Å²) in [6.07, 6.45) is 3.46. The van der Waals surface area contributed by atoms with E-state index < -0.39 is 5.54 Å². The maximum atomic E-state index is 13.2. The van der Waals surface area contributed by atoms with Crippen LogP contribution in [-0.2, 0) is 0 Å². The van der Waals surface area contributed by atoms with Gasteiger partial charge in [-0.2, -0.15) is 0 Å². The average molecular weight is 396 g/mol. The summed E-state index contributed by atoms with van der Waals surface area (Å²) >= 11 is 0. The summed E-state index contributed by atoms with van der Waals surface area (Å²) < 4.78 is 5.31. The molecule has 0 saturated carbocycles. The Labute approximate surface area is 172 Å². The number of amides is 2. The zero-order chi connectivity index (χ0) is 21.2. The van der Waals surface area contributed by atoms with E-state index >= 15 is 0 Å². The minimum atomic E-state index is -0.444. The van der Waals surface area contributed by atoms with Crippen LogP contribution in [0.2, 0.25) is 0 Å². The molecule has 0 radical (unpaired) electrons. The van der Waals surface area contributed by atoms with Gasteiger partial charge in [0.2, 0.25) is 0 Å². The monoisotopic (exact) mass is 395 g/mol. The SMILES string of the molecule is COc1cc(C(=O)NC[C@@]2(C)CCCN2C(=O)c2ncc(C)cc2C)ccc1C. The third-order valence-electron chi connectivity index (χ3n) is 5.71. The second-order valence-corrected chi connectivity index (χ2v) is 8.10. The van der Waals surface area contributed by atoms with Gasteiger partial charge in [0, 0.05) is 24.8 Å². The fourth-order valence-corrected chi connectivity index (χ4v) is 3.95. The molecule has 0 spiro atoms. The number of nitrogens with one attached hydrogen (secondary N) is 1. The number of methoxy groups -OCH3 is 1. The highest BCUT2D eigenvalue weighted by molar-refractivity contribution is 5.96. The van der Waals surface area contributed by atoms with Crippen LogP contribution in [0.15, 0.2) is 30.5 Å². The van der Waals surface area contributed by atoms with Crippen LogP contribution >= 0.6 is 0 Å². The van der Waals surface area contributed by atoms with Crippen LogP contribution in [0.1, 0.15) is 57.3 Å². The Morgan fingerprint density at radius 3 is 2.66 bits per heavy atom. The van der Waals surface area contributed by atoms with Crippen LogP contribution in [0.3, 0.4) is 0 Å². The number of aromatic nitrogens is 1. The number of nitrogens with zero attached hydrogens (tertiary/aromatic N) is 2. The number of aryl methyl sites for hydroxylation is 3. The number of pyridine rings is 1. The highest BCUT2D eigenvalue weighted by Gasteiger charge is 2.40. The number of ether oxygens (including phenoxy) is 1. The lowest BCUT2D eigenvalue weighted by molar-refractivity contribution is 0.0603. The third kappa shape index (κ3) is 4.26. The topological polar surface area (TPSA) is 71.5 Å². The fourth-order valence-electron chi connectivity index (χ4n) is 3.95. The van der Waals surface area contributed by atoms with Gasteiger partial charge in [0.25, 0.3) is 11.8 Å². The van der Waals surface area contributed by atoms with Gasteiger partial charge in [-0.1, -0.05) is 12.1 Å². The Morgan fingerprint density at radius 2 is 1.97 bits per heavy atom. The summed E-state index contributed by atoms with van der Waals surface area (Å²) in [4.78, 5) is 32.1. The molecule has 1 aromatic carbocycles. The molecule has 2 heterocycles. The highest BCUT2D eigenvalue weighted by Crippen LogP contribution is 2.30. The van der Waals surface area contributed by atoms with Crippen LogP contribution in [-0.4, -0.2) is 47.4 Å². The van der Waals surface area contributed by atoms with Gasteiger partial charge >= 0.3 is 0 Å². The summed E-state index contributed by atoms with van der Waals surface area (Å²) in [5.74, 6) is 0.435. The summed E-state index contributed by atoms with van der Waals surface area (Å²) in [6.45, 7) is 8.89. The molecule has 1 N–H and O–H groups in total. The van der Waals surface area contributed by atoms with Crippen molar-refractivity contribution in [3.8, 4) is 5.75 Å². The molecule has 6 heteroatoms. The molecule has 1 fully saturated rings. The molecule has 1 aliphatic heterocycles. The fraction of sp³-hybridized carbons (Fsp3) is 0.435. The second-order valence-electron chi connectivity index (χ2n) is 8.10. The quantitative estimate of drug-likeness (QED) is 0.842. The van der Waals surface area contributed by atoms with E-state index in [1.807, 2.05) is 44.7 Å². The van der Waals surface area contributed by atoms with Gasteiger partial charge in [0.15, 0.2) is 0 Å². The van der Waals surface area contributed by atoms with Crippen LogP contribution in [0, 0.1) is 20.8 Å². The van der Waals surface area contributed by atoms with Crippen LogP contribution in [0.25, 0.3) is 0 Å². The van der Waals surface area contributed by atoms with Crippen molar-refractivity contribution in [3.63, 3.8) is 0 Å². The Morgan fingerprint density at radius 1 is 1.21 bits per heavy atom. The smallest absolute Gasteiger partial charge is 0.273 e. The molecule has 1 aromatic heterocycles. The normalized spacial score (nSPS) is 18.6. The van der Waals surface area contributed by atoms with Crippen molar-refractivity contribution in [3.05, 3.63) is 58.4 Å². The van der Waals surface area contributed by atoms with E-state index in [0.717, 1.165) is 29.5 Å². The van der Waals surface area contributed by atoms with Crippen molar-refractivity contribution >= 4 is 11.8 Å². The molecule has 0 aliphatic carbocycles. The van der Waals surface area contributed by atoms with Crippen molar-refractivity contribution in [1.29, 1.82) is 0 Å². The predicted octanol–water partition coefficient (Wildman–Crippen LogP) is 3.44. The van der Waals surface area contributed by atoms with E-state index in [-0.39, 0.29) is 11.8 Å². The van der Waals surface area contributed by atoms with Gasteiger partial charge in [-0.05, 0) is 69.4 Å². The zero-order valence-electron chi connectivity index (χ0n) is 17.8. The number of rotatable bonds is 5. The first-order valence-corrected chi connectivity index (χ1v) is 9.93. The molecule has 2 aromatic rings. The molecule has 29 heavy (non-hydrogen) atoms. The maximum absolute atomic E-state index is 13.2. The molecule has 1 atom stereocenters. The molecule has 0 bridgehead atoms. The first-order valence-electron chi connectivity index (χ1n) is 9.93. The van der Waals surface area contributed by atoms with Crippen molar-refractivity contribution < 1.29 is 14.3 Å². The van der Waals surface area contributed by atoms with E-state index in [2.05, 4.69) is 10.3 Å². The Bertz CT molecular complexity index is 941. The van der Waals surface area contributed by atoms with Crippen LogP contribution in [0.5, 0.6) is 5.75 Å². The number of hydrogen-bond donors (Lipinski definition) is 1.